The normalized spacial score (nSPS) is 28.9. The first kappa shape index (κ1) is 16.6. The fraction of sp³-hybridized carbons (Fsp3) is 0.125. The van der Waals surface area contributed by atoms with Crippen molar-refractivity contribution < 1.29 is 4.79 Å². The summed E-state index contributed by atoms with van der Waals surface area (Å²) in [6, 6.07) is 16.3. The minimum absolute atomic E-state index is 0.235. The van der Waals surface area contributed by atoms with Gasteiger partial charge in [0.25, 0.3) is 5.91 Å². The molecule has 2 heterocycles. The number of β-lactam (4-membered cyclic amide) rings is 1. The Morgan fingerprint density at radius 2 is 1.67 bits per heavy atom. The molecule has 1 fully saturated rings. The molecule has 0 bridgehead atoms. The summed E-state index contributed by atoms with van der Waals surface area (Å²) in [5.41, 5.74) is 1.38. The van der Waals surface area contributed by atoms with Gasteiger partial charge < -0.3 is 0 Å². The highest BCUT2D eigenvalue weighted by Crippen LogP contribution is 2.67. The van der Waals surface area contributed by atoms with Crippen LogP contribution in [0.2, 0.25) is 5.02 Å². The highest BCUT2D eigenvalue weighted by Gasteiger charge is 2.76. The summed E-state index contributed by atoms with van der Waals surface area (Å²) in [5.74, 6) is -0.235. The summed E-state index contributed by atoms with van der Waals surface area (Å²) in [4.78, 5) is 12.4. The van der Waals surface area contributed by atoms with Crippen LogP contribution in [0.3, 0.4) is 0 Å². The molecule has 24 heavy (non-hydrogen) atoms. The highest BCUT2D eigenvalue weighted by molar-refractivity contribution is 8.77. The second-order valence-corrected chi connectivity index (χ2v) is 8.72. The lowest BCUT2D eigenvalue weighted by molar-refractivity contribution is -0.127. The van der Waals surface area contributed by atoms with Gasteiger partial charge in [-0.2, -0.15) is 4.40 Å². The van der Waals surface area contributed by atoms with E-state index in [0.29, 0.717) is 21.4 Å². The van der Waals surface area contributed by atoms with Crippen molar-refractivity contribution in [2.75, 3.05) is 4.90 Å². The largest absolute Gasteiger partial charge is 0.285 e. The lowest BCUT2D eigenvalue weighted by Gasteiger charge is -2.58. The van der Waals surface area contributed by atoms with E-state index in [4.69, 9.17) is 34.8 Å². The number of carbonyl (C=O) groups is 1. The van der Waals surface area contributed by atoms with Gasteiger partial charge in [-0.3, -0.25) is 9.69 Å². The van der Waals surface area contributed by atoms with Gasteiger partial charge in [-0.25, -0.2) is 0 Å². The lowest BCUT2D eigenvalue weighted by atomic mass is 9.79. The van der Waals surface area contributed by atoms with Crippen LogP contribution in [-0.2, 0) is 9.67 Å². The summed E-state index contributed by atoms with van der Waals surface area (Å²) in [5, 5.41) is 0.889. The SMILES string of the molecule is O=C1N(c2ccc(Cl)cc2)[C@@]2(SSN=C2Cl)[C@]1(Cl)c1ccccc1. The Hall–Kier alpha value is -0.850. The molecule has 0 N–H and O–H groups in total. The quantitative estimate of drug-likeness (QED) is 0.282. The van der Waals surface area contributed by atoms with Gasteiger partial charge in [0.2, 0.25) is 0 Å². The Balaban J connectivity index is 1.88. The number of halogens is 3. The maximum absolute atomic E-state index is 13.1. The summed E-state index contributed by atoms with van der Waals surface area (Å²) in [6.45, 7) is 0. The van der Waals surface area contributed by atoms with Gasteiger partial charge in [-0.1, -0.05) is 65.1 Å². The van der Waals surface area contributed by atoms with Crippen molar-refractivity contribution in [2.45, 2.75) is 9.75 Å². The summed E-state index contributed by atoms with van der Waals surface area (Å²) < 4.78 is 4.22. The van der Waals surface area contributed by atoms with Gasteiger partial charge in [0, 0.05) is 21.7 Å². The topological polar surface area (TPSA) is 32.7 Å². The number of hydrogen-bond donors (Lipinski definition) is 0. The number of rotatable bonds is 2. The minimum Gasteiger partial charge on any atom is -0.285 e. The number of nitrogens with zero attached hydrogens (tertiary/aromatic N) is 2. The van der Waals surface area contributed by atoms with Crippen LogP contribution in [0.25, 0.3) is 0 Å². The predicted octanol–water partition coefficient (Wildman–Crippen LogP) is 5.46. The molecule has 3 nitrogen and oxygen atoms in total. The molecular formula is C16H9Cl3N2OS2. The Morgan fingerprint density at radius 3 is 2.25 bits per heavy atom. The molecule has 1 saturated heterocycles. The third-order valence-electron chi connectivity index (χ3n) is 4.09. The van der Waals surface area contributed by atoms with E-state index in [1.807, 2.05) is 30.3 Å². The molecule has 1 amide bonds. The van der Waals surface area contributed by atoms with Gasteiger partial charge >= 0.3 is 0 Å². The molecule has 122 valence electrons. The van der Waals surface area contributed by atoms with Crippen molar-refractivity contribution in [1.82, 2.24) is 0 Å². The molecule has 2 atom stereocenters. The third-order valence-corrected chi connectivity index (χ3v) is 8.10. The molecule has 0 saturated carbocycles. The Labute approximate surface area is 161 Å². The van der Waals surface area contributed by atoms with Gasteiger partial charge in [-0.05, 0) is 40.6 Å². The smallest absolute Gasteiger partial charge is 0.258 e. The standard InChI is InChI=1S/C16H9Cl3N2OS2/c17-11-6-8-12(9-7-11)21-14(22)15(19,10-4-2-1-3-5-10)16(21)13(18)20-24-23-16/h1-9H/t15-,16-/m0/s1. The number of alkyl halides is 1. The first-order chi connectivity index (χ1) is 11.5. The fourth-order valence-corrected chi connectivity index (χ4v) is 7.06. The number of anilines is 1. The molecule has 2 aliphatic rings. The zero-order chi connectivity index (χ0) is 16.9. The van der Waals surface area contributed by atoms with Crippen LogP contribution in [0.1, 0.15) is 5.56 Å². The zero-order valence-electron chi connectivity index (χ0n) is 11.9. The van der Waals surface area contributed by atoms with E-state index in [9.17, 15) is 4.79 Å². The second-order valence-electron chi connectivity index (χ2n) is 5.33. The summed E-state index contributed by atoms with van der Waals surface area (Å²) in [7, 11) is 2.61. The van der Waals surface area contributed by atoms with Crippen LogP contribution in [-0.4, -0.2) is 15.9 Å². The Morgan fingerprint density at radius 1 is 1.00 bits per heavy atom. The first-order valence-corrected chi connectivity index (χ1v) is 10.2. The number of benzene rings is 2. The van der Waals surface area contributed by atoms with Crippen molar-refractivity contribution in [3.8, 4) is 0 Å². The average molecular weight is 416 g/mol. The van der Waals surface area contributed by atoms with E-state index >= 15 is 0 Å². The molecule has 4 rings (SSSR count). The Bertz CT molecular complexity index is 846. The molecule has 0 aliphatic carbocycles. The van der Waals surface area contributed by atoms with Crippen LogP contribution in [0.15, 0.2) is 59.0 Å². The van der Waals surface area contributed by atoms with Crippen molar-refractivity contribution in [1.29, 1.82) is 0 Å². The van der Waals surface area contributed by atoms with E-state index < -0.39 is 9.75 Å². The maximum Gasteiger partial charge on any atom is 0.258 e. The third kappa shape index (κ3) is 2.02. The van der Waals surface area contributed by atoms with E-state index in [1.165, 1.54) is 21.8 Å². The van der Waals surface area contributed by atoms with E-state index in [2.05, 4.69) is 4.40 Å². The van der Waals surface area contributed by atoms with Gasteiger partial charge in [0.15, 0.2) is 14.9 Å². The molecule has 2 aliphatic heterocycles. The highest BCUT2D eigenvalue weighted by atomic mass is 35.5. The lowest BCUT2D eigenvalue weighted by Crippen LogP contribution is -2.78. The minimum atomic E-state index is -1.30. The van der Waals surface area contributed by atoms with Gasteiger partial charge in [-0.15, -0.1) is 0 Å². The van der Waals surface area contributed by atoms with Crippen LogP contribution < -0.4 is 4.90 Å². The second kappa shape index (κ2) is 5.85. The van der Waals surface area contributed by atoms with E-state index in [0.717, 1.165) is 0 Å². The molecule has 0 unspecified atom stereocenters. The van der Waals surface area contributed by atoms with Gasteiger partial charge in [0.05, 0.1) is 0 Å². The summed E-state index contributed by atoms with van der Waals surface area (Å²) in [6.07, 6.45) is 0. The number of hydrogen-bond acceptors (Lipinski definition) is 4. The molecular weight excluding hydrogens is 407 g/mol. The summed E-state index contributed by atoms with van der Waals surface area (Å²) >= 11 is 19.3. The average Bonchev–Trinajstić information content (AvgIpc) is 3.01. The van der Waals surface area contributed by atoms with Crippen molar-refractivity contribution in [2.24, 2.45) is 4.40 Å². The molecule has 2 aromatic carbocycles. The van der Waals surface area contributed by atoms with Crippen LogP contribution >= 0.6 is 56.6 Å². The molecule has 2 aromatic rings. The number of amides is 1. The van der Waals surface area contributed by atoms with Crippen LogP contribution in [0.5, 0.6) is 0 Å². The van der Waals surface area contributed by atoms with Crippen LogP contribution in [0.4, 0.5) is 5.69 Å². The Kier molecular flexibility index (Phi) is 4.05. The first-order valence-electron chi connectivity index (χ1n) is 6.95. The number of carbonyl (C=O) groups excluding carboxylic acids is 1. The molecule has 0 radical (unpaired) electrons. The maximum atomic E-state index is 13.1. The van der Waals surface area contributed by atoms with E-state index in [-0.39, 0.29) is 5.91 Å². The molecule has 8 heteroatoms. The molecule has 0 aromatic heterocycles. The zero-order valence-corrected chi connectivity index (χ0v) is 15.8. The van der Waals surface area contributed by atoms with Gasteiger partial charge in [0.1, 0.15) is 0 Å². The monoisotopic (exact) mass is 414 g/mol. The molecule has 1 spiro atoms. The van der Waals surface area contributed by atoms with Crippen molar-refractivity contribution in [3.63, 3.8) is 0 Å². The fourth-order valence-electron chi connectivity index (χ4n) is 2.95. The van der Waals surface area contributed by atoms with Crippen molar-refractivity contribution in [3.05, 3.63) is 65.2 Å². The predicted molar refractivity (Wildman–Crippen MR) is 104 cm³/mol. The van der Waals surface area contributed by atoms with Crippen LogP contribution in [0, 0.1) is 0 Å². The van der Waals surface area contributed by atoms with Crippen molar-refractivity contribution >= 4 is 73.3 Å². The van der Waals surface area contributed by atoms with E-state index in [1.54, 1.807) is 29.2 Å².